The van der Waals surface area contributed by atoms with Crippen LogP contribution in [0.3, 0.4) is 0 Å². The maximum absolute atomic E-state index is 12.7. The first-order valence-corrected chi connectivity index (χ1v) is 8.91. The quantitative estimate of drug-likeness (QED) is 0.690. The molecule has 2 rings (SSSR count). The number of rotatable bonds is 9. The van der Waals surface area contributed by atoms with Gasteiger partial charge < -0.3 is 25.4 Å². The summed E-state index contributed by atoms with van der Waals surface area (Å²) in [6, 6.07) is 5.10. The van der Waals surface area contributed by atoms with Gasteiger partial charge in [0.25, 0.3) is 0 Å². The molecule has 1 aliphatic rings. The Labute approximate surface area is 154 Å². The monoisotopic (exact) mass is 363 g/mol. The molecule has 2 amide bonds. The van der Waals surface area contributed by atoms with Gasteiger partial charge in [0.15, 0.2) is 0 Å². The summed E-state index contributed by atoms with van der Waals surface area (Å²) in [7, 11) is 3.20. The lowest BCUT2D eigenvalue weighted by Gasteiger charge is -2.24. The fraction of sp³-hybridized carbons (Fsp3) is 0.579. The van der Waals surface area contributed by atoms with Gasteiger partial charge in [0.2, 0.25) is 11.8 Å². The van der Waals surface area contributed by atoms with E-state index in [0.717, 1.165) is 18.4 Å². The standard InChI is InChI=1S/C19H29N3O4/c1-12(2)18(20)19(24)21-10-17(23)22(14-5-6-14)11-13-9-15(25-3)7-8-16(13)26-4/h7-9,12,14,18H,5-6,10-11,20H2,1-4H3,(H,21,24)/t18-/m0/s1. The highest BCUT2D eigenvalue weighted by Gasteiger charge is 2.33. The molecular weight excluding hydrogens is 334 g/mol. The normalized spacial score (nSPS) is 14.7. The minimum absolute atomic E-state index is 0.0191. The number of carbonyl (C=O) groups excluding carboxylic acids is 2. The van der Waals surface area contributed by atoms with E-state index >= 15 is 0 Å². The molecule has 0 saturated heterocycles. The summed E-state index contributed by atoms with van der Waals surface area (Å²) >= 11 is 0. The first-order chi connectivity index (χ1) is 12.4. The molecule has 0 spiro atoms. The first kappa shape index (κ1) is 20.0. The molecule has 26 heavy (non-hydrogen) atoms. The Morgan fingerprint density at radius 2 is 1.96 bits per heavy atom. The molecular formula is C19H29N3O4. The molecule has 1 aromatic carbocycles. The zero-order valence-corrected chi connectivity index (χ0v) is 16.0. The smallest absolute Gasteiger partial charge is 0.242 e. The number of amides is 2. The molecule has 1 aliphatic carbocycles. The van der Waals surface area contributed by atoms with Crippen molar-refractivity contribution in [3.8, 4) is 11.5 Å². The molecule has 3 N–H and O–H groups in total. The predicted molar refractivity (Wildman–Crippen MR) is 98.9 cm³/mol. The lowest BCUT2D eigenvalue weighted by molar-refractivity contribution is -0.134. The number of methoxy groups -OCH3 is 2. The number of hydrogen-bond donors (Lipinski definition) is 2. The Kier molecular flexibility index (Phi) is 6.85. The first-order valence-electron chi connectivity index (χ1n) is 8.91. The molecule has 144 valence electrons. The Morgan fingerprint density at radius 1 is 1.27 bits per heavy atom. The van der Waals surface area contributed by atoms with Gasteiger partial charge in [-0.1, -0.05) is 13.8 Å². The Hall–Kier alpha value is -2.28. The van der Waals surface area contributed by atoms with Crippen LogP contribution in [0.5, 0.6) is 11.5 Å². The number of hydrogen-bond acceptors (Lipinski definition) is 5. The van der Waals surface area contributed by atoms with Crippen LogP contribution in [-0.2, 0) is 16.1 Å². The summed E-state index contributed by atoms with van der Waals surface area (Å²) in [4.78, 5) is 26.5. The molecule has 0 radical (unpaired) electrons. The minimum atomic E-state index is -0.615. The molecule has 1 saturated carbocycles. The van der Waals surface area contributed by atoms with Crippen LogP contribution in [0.25, 0.3) is 0 Å². The van der Waals surface area contributed by atoms with Crippen molar-refractivity contribution in [3.63, 3.8) is 0 Å². The lowest BCUT2D eigenvalue weighted by Crippen LogP contribution is -2.48. The second kappa shape index (κ2) is 8.89. The highest BCUT2D eigenvalue weighted by Crippen LogP contribution is 2.31. The number of nitrogens with zero attached hydrogens (tertiary/aromatic N) is 1. The molecule has 0 aliphatic heterocycles. The molecule has 0 bridgehead atoms. The van der Waals surface area contributed by atoms with Crippen LogP contribution in [0.15, 0.2) is 18.2 Å². The predicted octanol–water partition coefficient (Wildman–Crippen LogP) is 1.29. The highest BCUT2D eigenvalue weighted by atomic mass is 16.5. The van der Waals surface area contributed by atoms with Gasteiger partial charge in [0.1, 0.15) is 11.5 Å². The molecule has 7 nitrogen and oxygen atoms in total. The summed E-state index contributed by atoms with van der Waals surface area (Å²) in [5.41, 5.74) is 6.69. The number of ether oxygens (including phenoxy) is 2. The average Bonchev–Trinajstić information content (AvgIpc) is 3.47. The maximum Gasteiger partial charge on any atom is 0.242 e. The van der Waals surface area contributed by atoms with Gasteiger partial charge in [-0.3, -0.25) is 9.59 Å². The molecule has 0 aromatic heterocycles. The van der Waals surface area contributed by atoms with Crippen LogP contribution in [0.4, 0.5) is 0 Å². The van der Waals surface area contributed by atoms with Gasteiger partial charge in [0.05, 0.1) is 26.8 Å². The summed E-state index contributed by atoms with van der Waals surface area (Å²) in [6.07, 6.45) is 1.94. The van der Waals surface area contributed by atoms with Crippen molar-refractivity contribution in [1.82, 2.24) is 10.2 Å². The summed E-state index contributed by atoms with van der Waals surface area (Å²) in [6.45, 7) is 4.10. The van der Waals surface area contributed by atoms with Crippen LogP contribution >= 0.6 is 0 Å². The number of carbonyl (C=O) groups is 2. The van der Waals surface area contributed by atoms with Crippen molar-refractivity contribution in [1.29, 1.82) is 0 Å². The van der Waals surface area contributed by atoms with Crippen LogP contribution in [0.2, 0.25) is 0 Å². The topological polar surface area (TPSA) is 93.9 Å². The van der Waals surface area contributed by atoms with E-state index in [-0.39, 0.29) is 30.3 Å². The fourth-order valence-corrected chi connectivity index (χ4v) is 2.68. The van der Waals surface area contributed by atoms with Gasteiger partial charge in [-0.15, -0.1) is 0 Å². The van der Waals surface area contributed by atoms with E-state index in [2.05, 4.69) is 5.32 Å². The third kappa shape index (κ3) is 5.11. The molecule has 1 atom stereocenters. The number of nitrogens with two attached hydrogens (primary N) is 1. The maximum atomic E-state index is 12.7. The Morgan fingerprint density at radius 3 is 2.50 bits per heavy atom. The molecule has 0 heterocycles. The zero-order chi connectivity index (χ0) is 19.3. The largest absolute Gasteiger partial charge is 0.497 e. The van der Waals surface area contributed by atoms with Crippen molar-refractivity contribution in [3.05, 3.63) is 23.8 Å². The average molecular weight is 363 g/mol. The van der Waals surface area contributed by atoms with Gasteiger partial charge >= 0.3 is 0 Å². The van der Waals surface area contributed by atoms with E-state index in [1.807, 2.05) is 32.0 Å². The zero-order valence-electron chi connectivity index (χ0n) is 16.0. The molecule has 0 unspecified atom stereocenters. The molecule has 1 fully saturated rings. The van der Waals surface area contributed by atoms with E-state index in [1.54, 1.807) is 19.1 Å². The second-order valence-corrected chi connectivity index (χ2v) is 6.92. The van der Waals surface area contributed by atoms with E-state index in [0.29, 0.717) is 18.0 Å². The number of nitrogens with one attached hydrogen (secondary N) is 1. The molecule has 7 heteroatoms. The van der Waals surface area contributed by atoms with Crippen LogP contribution < -0.4 is 20.5 Å². The van der Waals surface area contributed by atoms with E-state index in [4.69, 9.17) is 15.2 Å². The van der Waals surface area contributed by atoms with Crippen LogP contribution in [-0.4, -0.2) is 49.6 Å². The summed E-state index contributed by atoms with van der Waals surface area (Å²) < 4.78 is 10.7. The van der Waals surface area contributed by atoms with Crippen molar-refractivity contribution >= 4 is 11.8 Å². The second-order valence-electron chi connectivity index (χ2n) is 6.92. The van der Waals surface area contributed by atoms with Crippen molar-refractivity contribution in [2.75, 3.05) is 20.8 Å². The summed E-state index contributed by atoms with van der Waals surface area (Å²) in [5, 5.41) is 2.65. The van der Waals surface area contributed by atoms with E-state index < -0.39 is 6.04 Å². The third-order valence-corrected chi connectivity index (χ3v) is 4.57. The van der Waals surface area contributed by atoms with Gasteiger partial charge in [-0.2, -0.15) is 0 Å². The SMILES string of the molecule is COc1ccc(OC)c(CN(C(=O)CNC(=O)[C@@H](N)C(C)C)C2CC2)c1. The molecule has 1 aromatic rings. The van der Waals surface area contributed by atoms with Crippen molar-refractivity contribution in [2.24, 2.45) is 11.7 Å². The van der Waals surface area contributed by atoms with Crippen molar-refractivity contribution in [2.45, 2.75) is 45.3 Å². The van der Waals surface area contributed by atoms with Gasteiger partial charge in [-0.05, 0) is 37.0 Å². The van der Waals surface area contributed by atoms with E-state index in [9.17, 15) is 9.59 Å². The minimum Gasteiger partial charge on any atom is -0.497 e. The highest BCUT2D eigenvalue weighted by molar-refractivity contribution is 5.87. The van der Waals surface area contributed by atoms with Gasteiger partial charge in [0, 0.05) is 18.2 Å². The van der Waals surface area contributed by atoms with Crippen molar-refractivity contribution < 1.29 is 19.1 Å². The number of benzene rings is 1. The summed E-state index contributed by atoms with van der Waals surface area (Å²) in [5.74, 6) is 1.01. The van der Waals surface area contributed by atoms with Gasteiger partial charge in [-0.25, -0.2) is 0 Å². The Bertz CT molecular complexity index is 644. The van der Waals surface area contributed by atoms with Crippen LogP contribution in [0, 0.1) is 5.92 Å². The lowest BCUT2D eigenvalue weighted by atomic mass is 10.1. The van der Waals surface area contributed by atoms with Crippen LogP contribution in [0.1, 0.15) is 32.3 Å². The fourth-order valence-electron chi connectivity index (χ4n) is 2.68. The van der Waals surface area contributed by atoms with E-state index in [1.165, 1.54) is 0 Å². The Balaban J connectivity index is 2.05. The third-order valence-electron chi connectivity index (χ3n) is 4.57.